The molecule has 0 amide bonds. The Bertz CT molecular complexity index is 855. The number of nitrogen functional groups attached to an aromatic ring is 1. The first kappa shape index (κ1) is 13.9. The van der Waals surface area contributed by atoms with Crippen molar-refractivity contribution < 1.29 is 14.6 Å². The van der Waals surface area contributed by atoms with Crippen LogP contribution in [0.4, 0.5) is 5.69 Å². The molecule has 0 fully saturated rings. The molecule has 0 aliphatic heterocycles. The minimum Gasteiger partial charge on any atom is -0.492 e. The van der Waals surface area contributed by atoms with Crippen molar-refractivity contribution >= 4 is 22.7 Å². The lowest BCUT2D eigenvalue weighted by molar-refractivity contribution is 0.0697. The lowest BCUT2D eigenvalue weighted by Crippen LogP contribution is -1.97. The predicted molar refractivity (Wildman–Crippen MR) is 84.1 cm³/mol. The van der Waals surface area contributed by atoms with E-state index >= 15 is 0 Å². The van der Waals surface area contributed by atoms with Crippen LogP contribution in [0, 0.1) is 0 Å². The van der Waals surface area contributed by atoms with Crippen molar-refractivity contribution in [2.24, 2.45) is 0 Å². The largest absolute Gasteiger partial charge is 0.492 e. The Hall–Kier alpha value is -3.02. The van der Waals surface area contributed by atoms with Crippen LogP contribution in [0.15, 0.2) is 36.4 Å². The summed E-state index contributed by atoms with van der Waals surface area (Å²) in [6.07, 6.45) is 0. The zero-order chi connectivity index (χ0) is 15.7. The van der Waals surface area contributed by atoms with Crippen molar-refractivity contribution in [3.8, 4) is 17.1 Å². The molecule has 0 unspecified atom stereocenters. The number of nitrogens with zero attached hydrogens (tertiary/aromatic N) is 1. The van der Waals surface area contributed by atoms with Crippen LogP contribution in [-0.4, -0.2) is 27.7 Å². The third-order valence-corrected chi connectivity index (χ3v) is 3.31. The van der Waals surface area contributed by atoms with Crippen LogP contribution in [0.1, 0.15) is 17.3 Å². The maximum atomic E-state index is 11.0. The molecule has 0 bridgehead atoms. The maximum absolute atomic E-state index is 11.0. The molecule has 0 saturated carbocycles. The van der Waals surface area contributed by atoms with Crippen LogP contribution in [0.2, 0.25) is 0 Å². The molecule has 6 nitrogen and oxygen atoms in total. The number of anilines is 1. The van der Waals surface area contributed by atoms with Crippen LogP contribution in [0.5, 0.6) is 5.75 Å². The fourth-order valence-corrected chi connectivity index (χ4v) is 2.26. The second-order valence-corrected chi connectivity index (χ2v) is 4.81. The standard InChI is InChI=1S/C16H15N3O3/c1-2-22-14-6-4-9(7-11(14)17)15-18-12-5-3-10(16(20)21)8-13(12)19-15/h3-8H,2,17H2,1H3,(H,18,19)(H,20,21). The second-order valence-electron chi connectivity index (χ2n) is 4.81. The van der Waals surface area contributed by atoms with E-state index in [1.807, 2.05) is 13.0 Å². The Morgan fingerprint density at radius 1 is 1.32 bits per heavy atom. The number of rotatable bonds is 4. The summed E-state index contributed by atoms with van der Waals surface area (Å²) in [5.41, 5.74) is 8.89. The summed E-state index contributed by atoms with van der Waals surface area (Å²) in [6, 6.07) is 10.2. The summed E-state index contributed by atoms with van der Waals surface area (Å²) in [4.78, 5) is 18.6. The van der Waals surface area contributed by atoms with Crippen molar-refractivity contribution in [1.82, 2.24) is 9.97 Å². The van der Waals surface area contributed by atoms with E-state index < -0.39 is 5.97 Å². The van der Waals surface area contributed by atoms with Crippen LogP contribution in [-0.2, 0) is 0 Å². The topological polar surface area (TPSA) is 101 Å². The van der Waals surface area contributed by atoms with Crippen molar-refractivity contribution in [2.75, 3.05) is 12.3 Å². The van der Waals surface area contributed by atoms with Crippen molar-refractivity contribution in [2.45, 2.75) is 6.92 Å². The Morgan fingerprint density at radius 3 is 2.82 bits per heavy atom. The van der Waals surface area contributed by atoms with Crippen molar-refractivity contribution in [1.29, 1.82) is 0 Å². The number of nitrogens with one attached hydrogen (secondary N) is 1. The Balaban J connectivity index is 2.03. The fraction of sp³-hybridized carbons (Fsp3) is 0.125. The molecule has 0 spiro atoms. The third kappa shape index (κ3) is 2.46. The molecule has 4 N–H and O–H groups in total. The molecule has 1 heterocycles. The van der Waals surface area contributed by atoms with Gasteiger partial charge in [0.25, 0.3) is 0 Å². The number of benzene rings is 2. The number of nitrogens with two attached hydrogens (primary N) is 1. The molecule has 3 rings (SSSR count). The fourth-order valence-electron chi connectivity index (χ4n) is 2.26. The normalized spacial score (nSPS) is 10.8. The van der Waals surface area contributed by atoms with Gasteiger partial charge in [-0.3, -0.25) is 0 Å². The van der Waals surface area contributed by atoms with Gasteiger partial charge in [-0.25, -0.2) is 9.78 Å². The second kappa shape index (κ2) is 5.40. The maximum Gasteiger partial charge on any atom is 0.335 e. The molecule has 2 aromatic carbocycles. The van der Waals surface area contributed by atoms with E-state index in [9.17, 15) is 4.79 Å². The van der Waals surface area contributed by atoms with E-state index in [1.165, 1.54) is 6.07 Å². The van der Waals surface area contributed by atoms with Gasteiger partial charge in [0.15, 0.2) is 0 Å². The molecule has 1 aromatic heterocycles. The van der Waals surface area contributed by atoms with Gasteiger partial charge in [0, 0.05) is 5.56 Å². The summed E-state index contributed by atoms with van der Waals surface area (Å²) >= 11 is 0. The van der Waals surface area contributed by atoms with Gasteiger partial charge in [-0.1, -0.05) is 0 Å². The number of hydrogen-bond donors (Lipinski definition) is 3. The first-order chi connectivity index (χ1) is 10.6. The molecule has 0 radical (unpaired) electrons. The minimum absolute atomic E-state index is 0.217. The molecule has 0 atom stereocenters. The van der Waals surface area contributed by atoms with E-state index in [4.69, 9.17) is 15.6 Å². The van der Waals surface area contributed by atoms with Crippen molar-refractivity contribution in [3.05, 3.63) is 42.0 Å². The third-order valence-electron chi connectivity index (χ3n) is 3.31. The van der Waals surface area contributed by atoms with Crippen molar-refractivity contribution in [3.63, 3.8) is 0 Å². The number of aromatic nitrogens is 2. The molecule has 22 heavy (non-hydrogen) atoms. The molecule has 0 saturated heterocycles. The number of carbonyl (C=O) groups is 1. The molecule has 0 aliphatic rings. The van der Waals surface area contributed by atoms with E-state index in [2.05, 4.69) is 9.97 Å². The zero-order valence-electron chi connectivity index (χ0n) is 12.0. The highest BCUT2D eigenvalue weighted by Gasteiger charge is 2.10. The van der Waals surface area contributed by atoms with E-state index in [0.717, 1.165) is 5.56 Å². The molecule has 6 heteroatoms. The number of carboxylic acids is 1. The smallest absolute Gasteiger partial charge is 0.335 e. The number of imidazole rings is 1. The summed E-state index contributed by atoms with van der Waals surface area (Å²) in [6.45, 7) is 2.44. The molecular formula is C16H15N3O3. The van der Waals surface area contributed by atoms with Crippen LogP contribution in [0.25, 0.3) is 22.4 Å². The molecule has 3 aromatic rings. The SMILES string of the molecule is CCOc1ccc(-c2nc3ccc(C(=O)O)cc3[nH]2)cc1N. The summed E-state index contributed by atoms with van der Waals surface area (Å²) in [5, 5.41) is 9.02. The number of H-pyrrole nitrogens is 1. The predicted octanol–water partition coefficient (Wildman–Crippen LogP) is 2.91. The lowest BCUT2D eigenvalue weighted by atomic mass is 10.2. The van der Waals surface area contributed by atoms with Gasteiger partial charge in [0.2, 0.25) is 0 Å². The monoisotopic (exact) mass is 297 g/mol. The van der Waals surface area contributed by atoms with Gasteiger partial charge >= 0.3 is 5.97 Å². The number of aromatic carboxylic acids is 1. The molecular weight excluding hydrogens is 282 g/mol. The number of ether oxygens (including phenoxy) is 1. The Labute approximate surface area is 126 Å². The van der Waals surface area contributed by atoms with Gasteiger partial charge in [0.1, 0.15) is 11.6 Å². The first-order valence-corrected chi connectivity index (χ1v) is 6.84. The number of fused-ring (bicyclic) bond motifs is 1. The number of aromatic amines is 1. The summed E-state index contributed by atoms with van der Waals surface area (Å²) in [7, 11) is 0. The van der Waals surface area contributed by atoms with Gasteiger partial charge in [-0.15, -0.1) is 0 Å². The van der Waals surface area contributed by atoms with E-state index in [1.54, 1.807) is 24.3 Å². The summed E-state index contributed by atoms with van der Waals surface area (Å²) in [5.74, 6) is 0.297. The average molecular weight is 297 g/mol. The van der Waals surface area contributed by atoms with Crippen LogP contribution < -0.4 is 10.5 Å². The van der Waals surface area contributed by atoms with Gasteiger partial charge in [-0.05, 0) is 43.3 Å². The zero-order valence-corrected chi connectivity index (χ0v) is 12.0. The molecule has 0 aliphatic carbocycles. The molecule has 112 valence electrons. The Kier molecular flexibility index (Phi) is 3.42. The van der Waals surface area contributed by atoms with Crippen LogP contribution >= 0.6 is 0 Å². The summed E-state index contributed by atoms with van der Waals surface area (Å²) < 4.78 is 5.41. The first-order valence-electron chi connectivity index (χ1n) is 6.84. The number of hydrogen-bond acceptors (Lipinski definition) is 4. The highest BCUT2D eigenvalue weighted by atomic mass is 16.5. The quantitative estimate of drug-likeness (QED) is 0.643. The number of carboxylic acid groups (broad SMARTS) is 1. The minimum atomic E-state index is -0.969. The average Bonchev–Trinajstić information content (AvgIpc) is 2.92. The van der Waals surface area contributed by atoms with Gasteiger partial charge < -0.3 is 20.6 Å². The van der Waals surface area contributed by atoms with E-state index in [0.29, 0.717) is 34.9 Å². The highest BCUT2D eigenvalue weighted by molar-refractivity contribution is 5.93. The van der Waals surface area contributed by atoms with Gasteiger partial charge in [-0.2, -0.15) is 0 Å². The lowest BCUT2D eigenvalue weighted by Gasteiger charge is -2.07. The highest BCUT2D eigenvalue weighted by Crippen LogP contribution is 2.28. The van der Waals surface area contributed by atoms with E-state index in [-0.39, 0.29) is 5.56 Å². The van der Waals surface area contributed by atoms with Gasteiger partial charge in [0.05, 0.1) is 28.9 Å². The Morgan fingerprint density at radius 2 is 2.14 bits per heavy atom. The van der Waals surface area contributed by atoms with Crippen LogP contribution in [0.3, 0.4) is 0 Å².